The van der Waals surface area contributed by atoms with Crippen molar-refractivity contribution in [1.29, 1.82) is 0 Å². The van der Waals surface area contributed by atoms with Crippen LogP contribution in [0.3, 0.4) is 0 Å². The second kappa shape index (κ2) is 17.3. The van der Waals surface area contributed by atoms with E-state index >= 15 is 0 Å². The molecule has 0 bridgehead atoms. The predicted octanol–water partition coefficient (Wildman–Crippen LogP) is 6.95. The van der Waals surface area contributed by atoms with E-state index in [1.54, 1.807) is 61.6 Å². The Bertz CT molecular complexity index is 1530. The Morgan fingerprint density at radius 3 is 2.21 bits per heavy atom. The van der Waals surface area contributed by atoms with E-state index in [9.17, 15) is 14.4 Å². The van der Waals surface area contributed by atoms with Crippen LogP contribution < -0.4 is 10.5 Å². The number of hydrogen-bond acceptors (Lipinski definition) is 8. The molecule has 0 amide bonds. The number of rotatable bonds is 12. The minimum absolute atomic E-state index is 0.189. The minimum atomic E-state index is -0.472. The molecule has 1 aromatic heterocycles. The summed E-state index contributed by atoms with van der Waals surface area (Å²) in [5.74, 6) is 0.0582. The molecular weight excluding hydrogens is 560 g/mol. The number of carbonyl (C=O) groups excluding carboxylic acids is 3. The van der Waals surface area contributed by atoms with Crippen LogP contribution in [0.2, 0.25) is 0 Å². The number of nitrogens with zero attached hydrogens (tertiary/aromatic N) is 1. The molecule has 2 N–H and O–H groups in total. The number of ether oxygens (including phenoxy) is 2. The van der Waals surface area contributed by atoms with Crippen LogP contribution in [-0.2, 0) is 27.4 Å². The van der Waals surface area contributed by atoms with Gasteiger partial charge in [0.1, 0.15) is 17.4 Å². The third kappa shape index (κ3) is 11.3. The Balaban J connectivity index is 0.000000428. The lowest BCUT2D eigenvalue weighted by Gasteiger charge is -2.10. The molecule has 0 fully saturated rings. The van der Waals surface area contributed by atoms with Crippen LogP contribution in [0.1, 0.15) is 59.0 Å². The first-order valence-electron chi connectivity index (χ1n) is 13.8. The molecule has 0 spiro atoms. The number of esters is 1. The monoisotopic (exact) mass is 596 g/mol. The fourth-order valence-electron chi connectivity index (χ4n) is 3.93. The van der Waals surface area contributed by atoms with Gasteiger partial charge in [0.05, 0.1) is 18.3 Å². The quantitative estimate of drug-likeness (QED) is 0.0471. The zero-order valence-electron chi connectivity index (χ0n) is 24.6. The molecule has 1 atom stereocenters. The zero-order valence-corrected chi connectivity index (χ0v) is 25.4. The molecule has 43 heavy (non-hydrogen) atoms. The lowest BCUT2D eigenvalue weighted by atomic mass is 10.1. The molecule has 222 valence electrons. The summed E-state index contributed by atoms with van der Waals surface area (Å²) < 4.78 is 10.9. The number of ketones is 1. The molecule has 7 nitrogen and oxygen atoms in total. The van der Waals surface area contributed by atoms with E-state index in [1.807, 2.05) is 73.0 Å². The highest BCUT2D eigenvalue weighted by Crippen LogP contribution is 2.23. The van der Waals surface area contributed by atoms with E-state index in [0.29, 0.717) is 37.1 Å². The average Bonchev–Trinajstić information content (AvgIpc) is 3.50. The molecule has 1 unspecified atom stereocenters. The molecule has 0 saturated carbocycles. The van der Waals surface area contributed by atoms with E-state index in [0.717, 1.165) is 33.2 Å². The fraction of sp³-hybridized carbons (Fsp3) is 0.200. The van der Waals surface area contributed by atoms with Crippen LogP contribution in [0.4, 0.5) is 0 Å². The topological polar surface area (TPSA) is 109 Å². The van der Waals surface area contributed by atoms with Crippen LogP contribution in [0.25, 0.3) is 6.08 Å². The van der Waals surface area contributed by atoms with Gasteiger partial charge < -0.3 is 15.2 Å². The van der Waals surface area contributed by atoms with E-state index in [2.05, 4.69) is 4.98 Å². The van der Waals surface area contributed by atoms with Gasteiger partial charge in [-0.3, -0.25) is 9.59 Å². The third-order valence-electron chi connectivity index (χ3n) is 6.07. The first kappa shape index (κ1) is 32.8. The Kier molecular flexibility index (Phi) is 13.2. The summed E-state index contributed by atoms with van der Waals surface area (Å²) in [4.78, 5) is 37.0. The van der Waals surface area contributed by atoms with Crippen molar-refractivity contribution in [2.75, 3.05) is 6.61 Å². The number of allylic oxidation sites excluding steroid dienone is 2. The summed E-state index contributed by atoms with van der Waals surface area (Å²) >= 11 is 1.54. The highest BCUT2D eigenvalue weighted by atomic mass is 32.1. The minimum Gasteiger partial charge on any atom is -0.489 e. The third-order valence-corrected chi connectivity index (χ3v) is 7.06. The number of aldehydes is 1. The largest absolute Gasteiger partial charge is 0.489 e. The second-order valence-corrected chi connectivity index (χ2v) is 10.5. The lowest BCUT2D eigenvalue weighted by Crippen LogP contribution is -2.13. The van der Waals surface area contributed by atoms with E-state index in [-0.39, 0.29) is 12.0 Å². The summed E-state index contributed by atoms with van der Waals surface area (Å²) in [5.41, 5.74) is 11.5. The van der Waals surface area contributed by atoms with E-state index < -0.39 is 5.78 Å². The molecule has 0 saturated heterocycles. The smallest absolute Gasteiger partial charge is 0.333 e. The van der Waals surface area contributed by atoms with E-state index in [1.165, 1.54) is 0 Å². The van der Waals surface area contributed by atoms with Crippen LogP contribution in [0, 0.1) is 0 Å². The average molecular weight is 597 g/mol. The number of carbonyl (C=O) groups is 3. The van der Waals surface area contributed by atoms with Crippen molar-refractivity contribution >= 4 is 35.5 Å². The molecule has 3 aromatic carbocycles. The molecule has 1 heterocycles. The van der Waals surface area contributed by atoms with Crippen molar-refractivity contribution in [3.8, 4) is 5.75 Å². The number of hydrogen-bond donors (Lipinski definition) is 1. The van der Waals surface area contributed by atoms with Crippen molar-refractivity contribution in [2.24, 2.45) is 5.73 Å². The van der Waals surface area contributed by atoms with Gasteiger partial charge in [-0.05, 0) is 68.2 Å². The summed E-state index contributed by atoms with van der Waals surface area (Å²) in [6, 6.07) is 26.4. The van der Waals surface area contributed by atoms with Gasteiger partial charge in [-0.1, -0.05) is 72.8 Å². The van der Waals surface area contributed by atoms with Crippen LogP contribution >= 0.6 is 11.3 Å². The highest BCUT2D eigenvalue weighted by molar-refractivity contribution is 7.09. The van der Waals surface area contributed by atoms with E-state index in [4.69, 9.17) is 15.2 Å². The molecular formula is C35H36N2O5S. The van der Waals surface area contributed by atoms with Crippen LogP contribution in [-0.4, -0.2) is 29.6 Å². The normalized spacial score (nSPS) is 12.0. The first-order valence-corrected chi connectivity index (χ1v) is 14.7. The molecule has 4 aromatic rings. The second-order valence-electron chi connectivity index (χ2n) is 9.62. The summed E-state index contributed by atoms with van der Waals surface area (Å²) in [7, 11) is 0. The van der Waals surface area contributed by atoms with Crippen LogP contribution in [0.5, 0.6) is 5.75 Å². The predicted molar refractivity (Wildman–Crippen MR) is 171 cm³/mol. The molecule has 8 heteroatoms. The van der Waals surface area contributed by atoms with Gasteiger partial charge in [-0.15, -0.1) is 11.3 Å². The van der Waals surface area contributed by atoms with Gasteiger partial charge in [0.25, 0.3) is 0 Å². The van der Waals surface area contributed by atoms with Crippen molar-refractivity contribution in [3.63, 3.8) is 0 Å². The van der Waals surface area contributed by atoms with Crippen molar-refractivity contribution in [1.82, 2.24) is 4.98 Å². The number of thiazole rings is 1. The molecule has 4 rings (SSSR count). The van der Waals surface area contributed by atoms with Crippen LogP contribution in [0.15, 0.2) is 108 Å². The zero-order chi connectivity index (χ0) is 31.0. The Morgan fingerprint density at radius 1 is 0.930 bits per heavy atom. The SMILES string of the molecule is CCOC(=O)/C(C)=C\C(C)=C\c1csc(C(N)Cc2ccc(OCc3ccccc3)cc2)n1.O=CC(=O)c1ccccc1. The Labute approximate surface area is 256 Å². The number of Topliss-reactive ketones (excluding diaryl/α,β-unsaturated/α-hetero) is 1. The maximum atomic E-state index is 11.8. The molecule has 0 radical (unpaired) electrons. The standard InChI is InChI=1S/C27H30N2O3S.C8H6O2/c1-4-31-27(30)20(3)14-19(2)15-23-18-33-26(29-23)25(28)16-21-10-12-24(13-11-21)32-17-22-8-6-5-7-9-22;9-6-8(10)7-4-2-1-3-5-7/h5-15,18,25H,4,16-17,28H2,1-3H3;1-6H/b19-15+,20-14-;. The summed E-state index contributed by atoms with van der Waals surface area (Å²) in [5, 5.41) is 2.86. The van der Waals surface area contributed by atoms with Crippen molar-refractivity contribution in [2.45, 2.75) is 39.8 Å². The van der Waals surface area contributed by atoms with Gasteiger partial charge in [-0.2, -0.15) is 0 Å². The summed E-state index contributed by atoms with van der Waals surface area (Å²) in [6.07, 6.45) is 4.75. The van der Waals surface area contributed by atoms with Gasteiger partial charge in [0.2, 0.25) is 5.78 Å². The first-order chi connectivity index (χ1) is 20.8. The Morgan fingerprint density at radius 2 is 1.58 bits per heavy atom. The molecule has 0 aliphatic heterocycles. The highest BCUT2D eigenvalue weighted by Gasteiger charge is 2.12. The summed E-state index contributed by atoms with van der Waals surface area (Å²) in [6.45, 7) is 6.38. The van der Waals surface area contributed by atoms with Gasteiger partial charge in [0.15, 0.2) is 6.29 Å². The number of aromatic nitrogens is 1. The number of benzene rings is 3. The van der Waals surface area contributed by atoms with Gasteiger partial charge >= 0.3 is 5.97 Å². The number of nitrogens with two attached hydrogens (primary N) is 1. The lowest BCUT2D eigenvalue weighted by molar-refractivity contribution is -0.138. The van der Waals surface area contributed by atoms with Gasteiger partial charge in [-0.25, -0.2) is 9.78 Å². The molecule has 0 aliphatic carbocycles. The molecule has 0 aliphatic rings. The van der Waals surface area contributed by atoms with Crippen molar-refractivity contribution < 1.29 is 23.9 Å². The Hall–Kier alpha value is -4.66. The van der Waals surface area contributed by atoms with Gasteiger partial charge in [0, 0.05) is 16.5 Å². The fourth-order valence-corrected chi connectivity index (χ4v) is 4.71. The van der Waals surface area contributed by atoms with Crippen molar-refractivity contribution in [3.05, 3.63) is 135 Å². The maximum absolute atomic E-state index is 11.8. The maximum Gasteiger partial charge on any atom is 0.333 e.